The van der Waals surface area contributed by atoms with Gasteiger partial charge in [-0.2, -0.15) is 20.4 Å². The van der Waals surface area contributed by atoms with E-state index in [0.717, 1.165) is 77.7 Å². The van der Waals surface area contributed by atoms with Gasteiger partial charge in [0.1, 0.15) is 0 Å². The van der Waals surface area contributed by atoms with E-state index in [0.29, 0.717) is 24.9 Å². The van der Waals surface area contributed by atoms with Gasteiger partial charge in [-0.3, -0.25) is 20.4 Å². The number of likely N-dealkylation sites (N-methyl/N-ethyl adjacent to an activating group) is 2. The van der Waals surface area contributed by atoms with Crippen LogP contribution in [-0.2, 0) is 0 Å². The molecule has 0 saturated carbocycles. The zero-order valence-corrected chi connectivity index (χ0v) is 50.7. The van der Waals surface area contributed by atoms with Gasteiger partial charge in [0.2, 0.25) is 0 Å². The molecule has 4 aromatic heterocycles. The second-order valence-electron chi connectivity index (χ2n) is 20.4. The molecule has 12 rings (SSSR count). The van der Waals surface area contributed by atoms with Crippen molar-refractivity contribution in [1.82, 2.24) is 51.4 Å². The lowest BCUT2D eigenvalue weighted by Crippen LogP contribution is -2.18. The summed E-state index contributed by atoms with van der Waals surface area (Å²) in [6.07, 6.45) is 14.9. The largest absolute Gasteiger partial charge is 0.330 e. The van der Waals surface area contributed by atoms with Crippen LogP contribution in [0.1, 0.15) is 68.2 Å². The van der Waals surface area contributed by atoms with Crippen LogP contribution < -0.4 is 22.1 Å². The van der Waals surface area contributed by atoms with Crippen LogP contribution in [0.2, 0.25) is 20.1 Å². The normalized spacial score (nSPS) is 12.3. The van der Waals surface area contributed by atoms with E-state index in [1.165, 1.54) is 44.5 Å². The van der Waals surface area contributed by atoms with Crippen LogP contribution in [0.3, 0.4) is 0 Å². The molecule has 0 saturated heterocycles. The molecular formula is C70H68Cl4N12. The first-order chi connectivity index (χ1) is 42.1. The van der Waals surface area contributed by atoms with Gasteiger partial charge in [-0.15, -0.1) is 0 Å². The van der Waals surface area contributed by atoms with Crippen LogP contribution >= 0.6 is 46.4 Å². The van der Waals surface area contributed by atoms with Gasteiger partial charge in [-0.05, 0) is 129 Å². The third kappa shape index (κ3) is 16.9. The van der Waals surface area contributed by atoms with Crippen molar-refractivity contribution in [3.05, 3.63) is 308 Å². The predicted molar refractivity (Wildman–Crippen MR) is 355 cm³/mol. The molecule has 0 aliphatic rings. The molecule has 12 nitrogen and oxygen atoms in total. The Labute approximate surface area is 522 Å². The first kappa shape index (κ1) is 62.1. The zero-order valence-electron chi connectivity index (χ0n) is 47.7. The third-order valence-electron chi connectivity index (χ3n) is 15.0. The Kier molecular flexibility index (Phi) is 22.9. The molecule has 0 spiro atoms. The summed E-state index contributed by atoms with van der Waals surface area (Å²) in [4.78, 5) is 0. The fourth-order valence-corrected chi connectivity index (χ4v) is 10.7. The third-order valence-corrected chi connectivity index (χ3v) is 16.0. The second-order valence-corrected chi connectivity index (χ2v) is 22.2. The Morgan fingerprint density at radius 2 is 0.477 bits per heavy atom. The summed E-state index contributed by atoms with van der Waals surface area (Å²) in [6.45, 7) is 2.89. The highest BCUT2D eigenvalue weighted by Crippen LogP contribution is 2.32. The maximum atomic E-state index is 5.99. The van der Waals surface area contributed by atoms with Crippen molar-refractivity contribution >= 4 is 46.4 Å². The van der Waals surface area contributed by atoms with Crippen molar-refractivity contribution < 1.29 is 0 Å². The minimum absolute atomic E-state index is 0.181. The van der Waals surface area contributed by atoms with Gasteiger partial charge in [0, 0.05) is 117 Å². The van der Waals surface area contributed by atoms with Crippen LogP contribution in [0.5, 0.6) is 0 Å². The molecule has 0 amide bonds. The molecule has 0 aliphatic carbocycles. The minimum atomic E-state index is 0.181. The highest BCUT2D eigenvalue weighted by molar-refractivity contribution is 6.31. The van der Waals surface area contributed by atoms with E-state index in [4.69, 9.17) is 57.9 Å². The lowest BCUT2D eigenvalue weighted by atomic mass is 9.90. The number of benzene rings is 8. The number of nitrogens with zero attached hydrogens (tertiary/aromatic N) is 4. The Hall–Kier alpha value is -8.40. The van der Waals surface area contributed by atoms with Gasteiger partial charge in [-0.25, -0.2) is 0 Å². The first-order valence-corrected chi connectivity index (χ1v) is 29.7. The average Bonchev–Trinajstić information content (AvgIpc) is 4.59. The van der Waals surface area contributed by atoms with Crippen molar-refractivity contribution in [3.8, 4) is 44.5 Å². The topological polar surface area (TPSA) is 191 Å². The van der Waals surface area contributed by atoms with Crippen LogP contribution in [0.4, 0.5) is 0 Å². The summed E-state index contributed by atoms with van der Waals surface area (Å²) < 4.78 is 0. The molecule has 8 aromatic carbocycles. The van der Waals surface area contributed by atoms with E-state index in [1.807, 2.05) is 136 Å². The van der Waals surface area contributed by atoms with Crippen LogP contribution in [0.25, 0.3) is 44.5 Å². The number of nitrogens with one attached hydrogen (secondary N) is 6. The molecule has 12 aromatic rings. The lowest BCUT2D eigenvalue weighted by Gasteiger charge is -2.18. The van der Waals surface area contributed by atoms with Gasteiger partial charge in [0.25, 0.3) is 0 Å². The van der Waals surface area contributed by atoms with Gasteiger partial charge in [-0.1, -0.05) is 192 Å². The van der Waals surface area contributed by atoms with E-state index >= 15 is 0 Å². The molecule has 4 atom stereocenters. The smallest absolute Gasteiger partial charge is 0.0565 e. The van der Waals surface area contributed by atoms with Crippen molar-refractivity contribution in [1.29, 1.82) is 0 Å². The molecule has 436 valence electrons. The maximum Gasteiger partial charge on any atom is 0.0565 e. The second kappa shape index (κ2) is 31.7. The number of rotatable bonds is 18. The Morgan fingerprint density at radius 1 is 0.291 bits per heavy atom. The molecule has 0 unspecified atom stereocenters. The quantitative estimate of drug-likeness (QED) is 0.0416. The zero-order chi connectivity index (χ0) is 60.0. The molecule has 0 bridgehead atoms. The van der Waals surface area contributed by atoms with Crippen LogP contribution in [0, 0.1) is 0 Å². The van der Waals surface area contributed by atoms with E-state index in [1.54, 1.807) is 0 Å². The molecule has 10 N–H and O–H groups in total. The summed E-state index contributed by atoms with van der Waals surface area (Å²) in [5, 5.41) is 36.8. The summed E-state index contributed by atoms with van der Waals surface area (Å²) in [5.41, 5.74) is 30.7. The lowest BCUT2D eigenvalue weighted by molar-refractivity contribution is 0.708. The van der Waals surface area contributed by atoms with Crippen molar-refractivity contribution in [2.75, 3.05) is 40.3 Å². The molecule has 16 heteroatoms. The van der Waals surface area contributed by atoms with E-state index in [9.17, 15) is 0 Å². The molecule has 4 heterocycles. The Bertz CT molecular complexity index is 3550. The van der Waals surface area contributed by atoms with E-state index < -0.39 is 0 Å². The van der Waals surface area contributed by atoms with Gasteiger partial charge < -0.3 is 22.1 Å². The van der Waals surface area contributed by atoms with Gasteiger partial charge >= 0.3 is 0 Å². The number of hydrogen-bond donors (Lipinski definition) is 8. The standard InChI is InChI=1S/2C18H18ClN3.2C17H16ClN3/c2*1-20-12-18(15-6-8-17(19)9-7-15)14-4-2-13(3-5-14)16-10-21-22-11-16;2*18-16-7-5-14(6-8-16)17(9-19)13-3-1-12(2-4-13)15-10-20-21-11-15/h2*2-11,18,20H,12H2,1H3,(H,21,22);2*1-8,10-11,17H,9,19H2,(H,20,21)/t2*18-;2*17-/m1010/s1. The Morgan fingerprint density at radius 3 is 0.640 bits per heavy atom. The van der Waals surface area contributed by atoms with E-state index in [2.05, 4.69) is 173 Å². The molecule has 0 fully saturated rings. The first-order valence-electron chi connectivity index (χ1n) is 28.2. The average molecular weight is 1220 g/mol. The molecule has 86 heavy (non-hydrogen) atoms. The SMILES string of the molecule is CNC[C@@H](c1ccc(Cl)cc1)c1ccc(-c2cn[nH]c2)cc1.CNC[C@H](c1ccc(Cl)cc1)c1ccc(-c2cn[nH]c2)cc1.NC[C@@H](c1ccc(Cl)cc1)c1ccc(-c2cn[nH]c2)cc1.NC[C@H](c1ccc(Cl)cc1)c1ccc(-c2cn[nH]c2)cc1. The Balaban J connectivity index is 0.000000137. The fraction of sp³-hybridized carbons (Fsp3) is 0.143. The summed E-state index contributed by atoms with van der Waals surface area (Å²) in [5.74, 6) is 0.975. The minimum Gasteiger partial charge on any atom is -0.330 e. The van der Waals surface area contributed by atoms with Gasteiger partial charge in [0.05, 0.1) is 24.8 Å². The van der Waals surface area contributed by atoms with Crippen LogP contribution in [0.15, 0.2) is 244 Å². The van der Waals surface area contributed by atoms with Crippen LogP contribution in [-0.4, -0.2) is 81.1 Å². The number of halogens is 4. The fourth-order valence-electron chi connectivity index (χ4n) is 10.2. The summed E-state index contributed by atoms with van der Waals surface area (Å²) in [6, 6.07) is 66.0. The summed E-state index contributed by atoms with van der Waals surface area (Å²) in [7, 11) is 3.95. The highest BCUT2D eigenvalue weighted by atomic mass is 35.5. The monoisotopic (exact) mass is 1220 g/mol. The van der Waals surface area contributed by atoms with Crippen molar-refractivity contribution in [2.24, 2.45) is 11.5 Å². The number of aromatic amines is 4. The number of aromatic nitrogens is 8. The molecule has 0 radical (unpaired) electrons. The van der Waals surface area contributed by atoms with Crippen molar-refractivity contribution in [2.45, 2.75) is 23.7 Å². The summed E-state index contributed by atoms with van der Waals surface area (Å²) >= 11 is 23.9. The highest BCUT2D eigenvalue weighted by Gasteiger charge is 2.17. The number of nitrogens with two attached hydrogens (primary N) is 2. The van der Waals surface area contributed by atoms with Gasteiger partial charge in [0.15, 0.2) is 0 Å². The predicted octanol–water partition coefficient (Wildman–Crippen LogP) is 15.8. The van der Waals surface area contributed by atoms with E-state index in [-0.39, 0.29) is 11.8 Å². The molecule has 0 aliphatic heterocycles. The maximum absolute atomic E-state index is 5.99. The molecular weight excluding hydrogens is 1150 g/mol. The number of hydrogen-bond acceptors (Lipinski definition) is 8. The number of H-pyrrole nitrogens is 4. The van der Waals surface area contributed by atoms with Crippen molar-refractivity contribution in [3.63, 3.8) is 0 Å².